The maximum atomic E-state index is 13.9. The van der Waals surface area contributed by atoms with Gasteiger partial charge in [0.2, 0.25) is 17.3 Å². The molecule has 4 aliphatic carbocycles. The third kappa shape index (κ3) is 3.83. The fourth-order valence-corrected chi connectivity index (χ4v) is 7.38. The molecule has 40 heavy (non-hydrogen) atoms. The largest absolute Gasteiger partial charge is 0.508 e. The first-order valence-corrected chi connectivity index (χ1v) is 13.7. The summed E-state index contributed by atoms with van der Waals surface area (Å²) in [5.74, 6) is -10.5. The summed E-state index contributed by atoms with van der Waals surface area (Å²) in [6.07, 6.45) is 3.85. The standard InChI is InChI=1S/C30H33NO9/c1-12(2)19-17-11-14-10-16-15(24(34)23(33)13-6-4-3-5-7-13)8-9-18(32)21(16)26(36)20(14)27(37)30(17,40)28(38)22(25(19)35)29(31)39/h8-9,12-14,17,19,32,36,38,40H,3-7,10-11H2,1-2H3,(H2,31,39)/t14-,17-,19-,30-/m0/s1. The number of hydrogen-bond donors (Lipinski definition) is 5. The lowest BCUT2D eigenvalue weighted by Gasteiger charge is -2.50. The third-order valence-corrected chi connectivity index (χ3v) is 9.30. The molecule has 0 saturated heterocycles. The van der Waals surface area contributed by atoms with E-state index in [-0.39, 0.29) is 35.1 Å². The summed E-state index contributed by atoms with van der Waals surface area (Å²) in [5, 5.41) is 44.6. The predicted molar refractivity (Wildman–Crippen MR) is 141 cm³/mol. The van der Waals surface area contributed by atoms with Gasteiger partial charge in [0.25, 0.3) is 5.91 Å². The summed E-state index contributed by atoms with van der Waals surface area (Å²) < 4.78 is 0. The smallest absolute Gasteiger partial charge is 0.255 e. The summed E-state index contributed by atoms with van der Waals surface area (Å²) in [6, 6.07) is 2.50. The van der Waals surface area contributed by atoms with Gasteiger partial charge in [-0.3, -0.25) is 24.0 Å². The maximum Gasteiger partial charge on any atom is 0.255 e. The summed E-state index contributed by atoms with van der Waals surface area (Å²) in [4.78, 5) is 65.8. The second kappa shape index (κ2) is 9.69. The molecule has 10 nitrogen and oxygen atoms in total. The van der Waals surface area contributed by atoms with E-state index in [4.69, 9.17) is 5.73 Å². The second-order valence-electron chi connectivity index (χ2n) is 11.8. The molecule has 0 bridgehead atoms. The van der Waals surface area contributed by atoms with E-state index in [0.717, 1.165) is 19.3 Å². The summed E-state index contributed by atoms with van der Waals surface area (Å²) in [7, 11) is 0. The highest BCUT2D eigenvalue weighted by atomic mass is 16.3. The molecule has 10 heteroatoms. The Kier molecular flexibility index (Phi) is 6.73. The van der Waals surface area contributed by atoms with Crippen molar-refractivity contribution in [3.63, 3.8) is 0 Å². The molecule has 1 aromatic rings. The number of carbonyl (C=O) groups is 5. The molecule has 0 aliphatic heterocycles. The summed E-state index contributed by atoms with van der Waals surface area (Å²) in [5.41, 5.74) is 1.54. The highest BCUT2D eigenvalue weighted by Gasteiger charge is 2.64. The van der Waals surface area contributed by atoms with Gasteiger partial charge >= 0.3 is 0 Å². The minimum absolute atomic E-state index is 0.0288. The molecule has 2 saturated carbocycles. The highest BCUT2D eigenvalue weighted by Crippen LogP contribution is 2.55. The SMILES string of the molecule is CC(C)[C@@H]1C(=O)C(C(N)=O)=C(O)[C@@]2(O)C(=O)C3=C(O)c4c(O)ccc(C(=O)C(=O)C5CCCCC5)c4C[C@H]3C[C@@H]12. The number of aliphatic hydroxyl groups is 3. The van der Waals surface area contributed by atoms with E-state index >= 15 is 0 Å². The number of benzene rings is 1. The Morgan fingerprint density at radius 2 is 1.68 bits per heavy atom. The monoisotopic (exact) mass is 551 g/mol. The van der Waals surface area contributed by atoms with Crippen molar-refractivity contribution in [3.05, 3.63) is 45.7 Å². The zero-order valence-corrected chi connectivity index (χ0v) is 22.4. The number of primary amides is 1. The number of ketones is 4. The van der Waals surface area contributed by atoms with Gasteiger partial charge < -0.3 is 26.2 Å². The first-order valence-electron chi connectivity index (χ1n) is 13.7. The van der Waals surface area contributed by atoms with Crippen LogP contribution in [0.4, 0.5) is 0 Å². The lowest BCUT2D eigenvalue weighted by Crippen LogP contribution is -2.62. The zero-order chi connectivity index (χ0) is 29.3. The van der Waals surface area contributed by atoms with Crippen LogP contribution >= 0.6 is 0 Å². The van der Waals surface area contributed by atoms with Crippen molar-refractivity contribution in [3.8, 4) is 5.75 Å². The molecule has 5 rings (SSSR count). The number of aliphatic hydroxyl groups excluding tert-OH is 2. The lowest BCUT2D eigenvalue weighted by atomic mass is 9.54. The first-order chi connectivity index (χ1) is 18.8. The van der Waals surface area contributed by atoms with Gasteiger partial charge in [-0.05, 0) is 55.2 Å². The van der Waals surface area contributed by atoms with Gasteiger partial charge in [-0.2, -0.15) is 0 Å². The van der Waals surface area contributed by atoms with Crippen LogP contribution in [-0.4, -0.2) is 55.1 Å². The van der Waals surface area contributed by atoms with E-state index in [0.29, 0.717) is 12.8 Å². The number of hydrogen-bond acceptors (Lipinski definition) is 9. The predicted octanol–water partition coefficient (Wildman–Crippen LogP) is 2.64. The van der Waals surface area contributed by atoms with Gasteiger partial charge in [0.05, 0.1) is 5.56 Å². The topological polar surface area (TPSA) is 192 Å². The van der Waals surface area contributed by atoms with E-state index < -0.39 is 87.1 Å². The lowest BCUT2D eigenvalue weighted by molar-refractivity contribution is -0.155. The molecule has 2 fully saturated rings. The average Bonchev–Trinajstić information content (AvgIpc) is 2.90. The molecule has 0 spiro atoms. The summed E-state index contributed by atoms with van der Waals surface area (Å²) in [6.45, 7) is 3.36. The van der Waals surface area contributed by atoms with Gasteiger partial charge in [0, 0.05) is 28.9 Å². The molecule has 1 amide bonds. The summed E-state index contributed by atoms with van der Waals surface area (Å²) >= 11 is 0. The Morgan fingerprint density at radius 3 is 2.27 bits per heavy atom. The Hall–Kier alpha value is -3.79. The van der Waals surface area contributed by atoms with Crippen LogP contribution in [0.2, 0.25) is 0 Å². The molecule has 1 aromatic carbocycles. The van der Waals surface area contributed by atoms with E-state index in [9.17, 15) is 44.4 Å². The van der Waals surface area contributed by atoms with Crippen LogP contribution in [0.5, 0.6) is 5.75 Å². The number of nitrogens with two attached hydrogens (primary N) is 1. The van der Waals surface area contributed by atoms with Crippen LogP contribution in [0.25, 0.3) is 5.76 Å². The fraction of sp³-hybridized carbons (Fsp3) is 0.500. The molecule has 0 heterocycles. The second-order valence-corrected chi connectivity index (χ2v) is 11.8. The molecule has 0 unspecified atom stereocenters. The van der Waals surface area contributed by atoms with Gasteiger partial charge in [-0.15, -0.1) is 0 Å². The van der Waals surface area contributed by atoms with Crippen molar-refractivity contribution in [2.24, 2.45) is 35.3 Å². The Balaban J connectivity index is 1.65. The number of phenols is 1. The van der Waals surface area contributed by atoms with Crippen molar-refractivity contribution in [2.45, 2.75) is 64.4 Å². The Bertz CT molecular complexity index is 1430. The Morgan fingerprint density at radius 1 is 1.02 bits per heavy atom. The molecular formula is C30H33NO9. The third-order valence-electron chi connectivity index (χ3n) is 9.30. The number of amides is 1. The van der Waals surface area contributed by atoms with Crippen LogP contribution in [-0.2, 0) is 25.6 Å². The highest BCUT2D eigenvalue weighted by molar-refractivity contribution is 6.44. The molecule has 4 aliphatic rings. The van der Waals surface area contributed by atoms with Crippen molar-refractivity contribution in [1.82, 2.24) is 0 Å². The zero-order valence-electron chi connectivity index (χ0n) is 22.4. The molecular weight excluding hydrogens is 518 g/mol. The Labute approximate surface area is 230 Å². The van der Waals surface area contributed by atoms with Gasteiger partial charge in [-0.1, -0.05) is 33.1 Å². The van der Waals surface area contributed by atoms with E-state index in [1.54, 1.807) is 13.8 Å². The van der Waals surface area contributed by atoms with Crippen LogP contribution in [0.1, 0.15) is 73.9 Å². The normalized spacial score (nSPS) is 28.8. The van der Waals surface area contributed by atoms with Crippen molar-refractivity contribution in [2.75, 3.05) is 0 Å². The van der Waals surface area contributed by atoms with E-state index in [1.807, 2.05) is 0 Å². The number of aromatic hydroxyl groups is 1. The average molecular weight is 552 g/mol. The number of rotatable bonds is 5. The molecule has 0 radical (unpaired) electrons. The van der Waals surface area contributed by atoms with Crippen molar-refractivity contribution in [1.29, 1.82) is 0 Å². The number of Topliss-reactive ketones (excluding diaryl/α,β-unsaturated/α-hetero) is 4. The number of phenolic OH excluding ortho intramolecular Hbond substituents is 1. The minimum atomic E-state index is -2.70. The van der Waals surface area contributed by atoms with Gasteiger partial charge in [0.15, 0.2) is 11.4 Å². The minimum Gasteiger partial charge on any atom is -0.508 e. The quantitative estimate of drug-likeness (QED) is 0.208. The van der Waals surface area contributed by atoms with Crippen molar-refractivity contribution < 1.29 is 44.4 Å². The van der Waals surface area contributed by atoms with Crippen molar-refractivity contribution >= 4 is 34.8 Å². The van der Waals surface area contributed by atoms with E-state index in [2.05, 4.69) is 0 Å². The van der Waals surface area contributed by atoms with E-state index in [1.165, 1.54) is 12.1 Å². The van der Waals surface area contributed by atoms with Gasteiger partial charge in [-0.25, -0.2) is 0 Å². The molecule has 6 N–H and O–H groups in total. The van der Waals surface area contributed by atoms with Crippen LogP contribution in [0.3, 0.4) is 0 Å². The van der Waals surface area contributed by atoms with Gasteiger partial charge in [0.1, 0.15) is 22.8 Å². The maximum absolute atomic E-state index is 13.9. The van der Waals surface area contributed by atoms with Crippen LogP contribution in [0.15, 0.2) is 29.0 Å². The first kappa shape index (κ1) is 27.8. The molecule has 212 valence electrons. The number of carbonyl (C=O) groups excluding carboxylic acids is 5. The molecule has 4 atom stereocenters. The number of fused-ring (bicyclic) bond motifs is 3. The van der Waals surface area contributed by atoms with Crippen LogP contribution < -0.4 is 5.73 Å². The molecule has 0 aromatic heterocycles. The fourth-order valence-electron chi connectivity index (χ4n) is 7.38. The van der Waals surface area contributed by atoms with Crippen LogP contribution in [0, 0.1) is 29.6 Å².